The Morgan fingerprint density at radius 2 is 1.88 bits per heavy atom. The molecule has 0 aliphatic rings. The summed E-state index contributed by atoms with van der Waals surface area (Å²) in [5.74, 6) is -0.0126. The van der Waals surface area contributed by atoms with E-state index < -0.39 is 22.3 Å². The summed E-state index contributed by atoms with van der Waals surface area (Å²) in [5, 5.41) is 17.0. The highest BCUT2D eigenvalue weighted by molar-refractivity contribution is 5.99. The summed E-state index contributed by atoms with van der Waals surface area (Å²) in [6, 6.07) is 6.83. The Hall–Kier alpha value is -3.23. The Bertz CT molecular complexity index is 820. The molecule has 0 aliphatic carbocycles. The molecule has 138 valence electrons. The topological polar surface area (TPSA) is 119 Å². The number of benzene rings is 1. The first-order chi connectivity index (χ1) is 12.1. The van der Waals surface area contributed by atoms with E-state index in [9.17, 15) is 19.7 Å². The van der Waals surface area contributed by atoms with Crippen LogP contribution >= 0.6 is 0 Å². The summed E-state index contributed by atoms with van der Waals surface area (Å²) in [5.41, 5.74) is -0.491. The molecule has 0 radical (unpaired) electrons. The van der Waals surface area contributed by atoms with Gasteiger partial charge in [0, 0.05) is 29.3 Å². The monoisotopic (exact) mass is 360 g/mol. The van der Waals surface area contributed by atoms with Gasteiger partial charge in [-0.25, -0.2) is 0 Å². The predicted molar refractivity (Wildman–Crippen MR) is 93.8 cm³/mol. The molecule has 0 saturated carbocycles. The van der Waals surface area contributed by atoms with Gasteiger partial charge in [0.1, 0.15) is 12.3 Å². The number of non-ortho nitro benzene ring substituents is 1. The van der Waals surface area contributed by atoms with Gasteiger partial charge in [0.15, 0.2) is 5.82 Å². The van der Waals surface area contributed by atoms with Crippen LogP contribution in [0.2, 0.25) is 0 Å². The predicted octanol–water partition coefficient (Wildman–Crippen LogP) is 2.77. The van der Waals surface area contributed by atoms with Gasteiger partial charge >= 0.3 is 0 Å². The third-order valence-electron chi connectivity index (χ3n) is 3.58. The lowest BCUT2D eigenvalue weighted by Gasteiger charge is -2.35. The van der Waals surface area contributed by atoms with Crippen molar-refractivity contribution in [3.63, 3.8) is 0 Å². The highest BCUT2D eigenvalue weighted by Crippen LogP contribution is 2.20. The Morgan fingerprint density at radius 3 is 2.35 bits per heavy atom. The SMILES string of the molecule is Cc1cc(NC(=O)CN(C(=O)c2ccc([N+](=O)[O-])cc2)C(C)(C)C)no1. The highest BCUT2D eigenvalue weighted by atomic mass is 16.6. The molecule has 0 fully saturated rings. The van der Waals surface area contributed by atoms with Crippen LogP contribution in [0.25, 0.3) is 0 Å². The normalized spacial score (nSPS) is 11.1. The van der Waals surface area contributed by atoms with Gasteiger partial charge in [-0.05, 0) is 39.8 Å². The molecule has 0 saturated heterocycles. The Morgan fingerprint density at radius 1 is 1.27 bits per heavy atom. The maximum atomic E-state index is 12.8. The van der Waals surface area contributed by atoms with Crippen LogP contribution in [0, 0.1) is 17.0 Å². The molecule has 9 nitrogen and oxygen atoms in total. The van der Waals surface area contributed by atoms with Crippen LogP contribution < -0.4 is 5.32 Å². The fourth-order valence-corrected chi connectivity index (χ4v) is 2.25. The van der Waals surface area contributed by atoms with Crippen molar-refractivity contribution in [3.8, 4) is 0 Å². The maximum Gasteiger partial charge on any atom is 0.269 e. The smallest absolute Gasteiger partial charge is 0.269 e. The number of nitrogens with one attached hydrogen (secondary N) is 1. The molecule has 0 bridgehead atoms. The Kier molecular flexibility index (Phi) is 5.39. The molecule has 1 aromatic carbocycles. The number of amides is 2. The van der Waals surface area contributed by atoms with Crippen LogP contribution in [-0.2, 0) is 4.79 Å². The van der Waals surface area contributed by atoms with Gasteiger partial charge in [0.05, 0.1) is 4.92 Å². The fourth-order valence-electron chi connectivity index (χ4n) is 2.25. The van der Waals surface area contributed by atoms with Crippen LogP contribution in [0.5, 0.6) is 0 Å². The molecule has 2 amide bonds. The van der Waals surface area contributed by atoms with E-state index in [1.54, 1.807) is 33.8 Å². The number of carbonyl (C=O) groups is 2. The van der Waals surface area contributed by atoms with Crippen molar-refractivity contribution < 1.29 is 19.0 Å². The minimum absolute atomic E-state index is 0.108. The number of hydrogen-bond donors (Lipinski definition) is 1. The lowest BCUT2D eigenvalue weighted by atomic mass is 10.0. The summed E-state index contributed by atoms with van der Waals surface area (Å²) < 4.78 is 4.88. The van der Waals surface area contributed by atoms with Gasteiger partial charge in [0.25, 0.3) is 11.6 Å². The average molecular weight is 360 g/mol. The van der Waals surface area contributed by atoms with Crippen molar-refractivity contribution in [3.05, 3.63) is 51.8 Å². The summed E-state index contributed by atoms with van der Waals surface area (Å²) in [6.07, 6.45) is 0. The Labute approximate surface area is 150 Å². The first kappa shape index (κ1) is 19.1. The second-order valence-electron chi connectivity index (χ2n) is 6.74. The van der Waals surface area contributed by atoms with E-state index in [-0.39, 0.29) is 23.6 Å². The van der Waals surface area contributed by atoms with Gasteiger partial charge in [-0.15, -0.1) is 0 Å². The molecular weight excluding hydrogens is 340 g/mol. The number of nitrogens with zero attached hydrogens (tertiary/aromatic N) is 3. The molecule has 0 unspecified atom stereocenters. The molecule has 1 N–H and O–H groups in total. The maximum absolute atomic E-state index is 12.8. The van der Waals surface area contributed by atoms with E-state index in [0.29, 0.717) is 5.76 Å². The van der Waals surface area contributed by atoms with E-state index in [4.69, 9.17) is 4.52 Å². The van der Waals surface area contributed by atoms with Crippen LogP contribution in [0.1, 0.15) is 36.9 Å². The lowest BCUT2D eigenvalue weighted by molar-refractivity contribution is -0.384. The molecule has 1 heterocycles. The van der Waals surface area contributed by atoms with Crippen LogP contribution in [0.15, 0.2) is 34.9 Å². The summed E-state index contributed by atoms with van der Waals surface area (Å²) in [7, 11) is 0. The van der Waals surface area contributed by atoms with Gasteiger partial charge in [-0.3, -0.25) is 19.7 Å². The number of anilines is 1. The van der Waals surface area contributed by atoms with Crippen molar-refractivity contribution in [1.29, 1.82) is 0 Å². The standard InChI is InChI=1S/C17H20N4O5/c1-11-9-14(19-26-11)18-15(22)10-20(17(2,3)4)16(23)12-5-7-13(8-6-12)21(24)25/h5-9H,10H2,1-4H3,(H,18,19,22). The van der Waals surface area contributed by atoms with Crippen molar-refractivity contribution in [1.82, 2.24) is 10.1 Å². The summed E-state index contributed by atoms with van der Waals surface area (Å²) in [6.45, 7) is 6.88. The minimum atomic E-state index is -0.643. The van der Waals surface area contributed by atoms with E-state index in [1.165, 1.54) is 29.2 Å². The number of hydrogen-bond acceptors (Lipinski definition) is 6. The third kappa shape index (κ3) is 4.65. The summed E-state index contributed by atoms with van der Waals surface area (Å²) >= 11 is 0. The number of nitro groups is 1. The molecular formula is C17H20N4O5. The Balaban J connectivity index is 2.17. The van der Waals surface area contributed by atoms with E-state index >= 15 is 0 Å². The minimum Gasteiger partial charge on any atom is -0.360 e. The van der Waals surface area contributed by atoms with Crippen molar-refractivity contribution >= 4 is 23.3 Å². The van der Waals surface area contributed by atoms with Gasteiger partial charge in [0.2, 0.25) is 5.91 Å². The number of carbonyl (C=O) groups excluding carboxylic acids is 2. The van der Waals surface area contributed by atoms with Gasteiger partial charge < -0.3 is 14.7 Å². The average Bonchev–Trinajstić information content (AvgIpc) is 2.96. The molecule has 9 heteroatoms. The van der Waals surface area contributed by atoms with E-state index in [1.807, 2.05) is 0 Å². The second kappa shape index (κ2) is 7.34. The molecule has 2 rings (SSSR count). The highest BCUT2D eigenvalue weighted by Gasteiger charge is 2.29. The van der Waals surface area contributed by atoms with Gasteiger partial charge in [-0.1, -0.05) is 5.16 Å². The molecule has 2 aromatic rings. The molecule has 0 spiro atoms. The molecule has 0 atom stereocenters. The fraction of sp³-hybridized carbons (Fsp3) is 0.353. The van der Waals surface area contributed by atoms with Crippen molar-refractivity contribution in [2.45, 2.75) is 33.2 Å². The number of aryl methyl sites for hydroxylation is 1. The first-order valence-corrected chi connectivity index (χ1v) is 7.87. The first-order valence-electron chi connectivity index (χ1n) is 7.87. The molecule has 0 aliphatic heterocycles. The van der Waals surface area contributed by atoms with Crippen molar-refractivity contribution in [2.75, 3.05) is 11.9 Å². The zero-order chi connectivity index (χ0) is 19.5. The van der Waals surface area contributed by atoms with Crippen LogP contribution in [0.3, 0.4) is 0 Å². The second-order valence-corrected chi connectivity index (χ2v) is 6.74. The van der Waals surface area contributed by atoms with Crippen LogP contribution in [0.4, 0.5) is 11.5 Å². The lowest BCUT2D eigenvalue weighted by Crippen LogP contribution is -2.49. The van der Waals surface area contributed by atoms with Crippen molar-refractivity contribution in [2.24, 2.45) is 0 Å². The quantitative estimate of drug-likeness (QED) is 0.647. The number of rotatable bonds is 5. The zero-order valence-electron chi connectivity index (χ0n) is 15.0. The largest absolute Gasteiger partial charge is 0.360 e. The zero-order valence-corrected chi connectivity index (χ0v) is 15.0. The number of aromatic nitrogens is 1. The number of nitro benzene ring substituents is 1. The van der Waals surface area contributed by atoms with Crippen LogP contribution in [-0.4, -0.2) is 38.9 Å². The molecule has 1 aromatic heterocycles. The van der Waals surface area contributed by atoms with E-state index in [2.05, 4.69) is 10.5 Å². The summed E-state index contributed by atoms with van der Waals surface area (Å²) in [4.78, 5) is 36.7. The van der Waals surface area contributed by atoms with E-state index in [0.717, 1.165) is 0 Å². The molecule has 26 heavy (non-hydrogen) atoms. The van der Waals surface area contributed by atoms with Gasteiger partial charge in [-0.2, -0.15) is 0 Å². The third-order valence-corrected chi connectivity index (χ3v) is 3.58.